The van der Waals surface area contributed by atoms with Crippen LogP contribution in [-0.2, 0) is 20.9 Å². The number of Topliss-reactive ketones (excluding diaryl/α,β-unsaturated/α-hetero) is 2. The molecule has 2 aromatic carbocycles. The molecule has 45 heavy (non-hydrogen) atoms. The Bertz CT molecular complexity index is 1530. The number of rotatable bonds is 10. The topological polar surface area (TPSA) is 102 Å². The van der Waals surface area contributed by atoms with E-state index in [-0.39, 0.29) is 34.6 Å². The predicted molar refractivity (Wildman–Crippen MR) is 172 cm³/mol. The van der Waals surface area contributed by atoms with Crippen molar-refractivity contribution in [1.29, 1.82) is 0 Å². The van der Waals surface area contributed by atoms with Crippen LogP contribution in [0, 0.1) is 10.8 Å². The highest BCUT2D eigenvalue weighted by molar-refractivity contribution is 6.32. The summed E-state index contributed by atoms with van der Waals surface area (Å²) >= 11 is 6.92. The maximum atomic E-state index is 14.1. The Labute approximate surface area is 270 Å². The summed E-state index contributed by atoms with van der Waals surface area (Å²) in [7, 11) is 1.66. The molecule has 9 heteroatoms. The zero-order valence-electron chi connectivity index (χ0n) is 26.9. The highest BCUT2D eigenvalue weighted by atomic mass is 35.5. The molecule has 5 rings (SSSR count). The summed E-state index contributed by atoms with van der Waals surface area (Å²) in [6, 6.07) is 10.1. The molecule has 8 nitrogen and oxygen atoms in total. The first-order valence-electron chi connectivity index (χ1n) is 15.5. The van der Waals surface area contributed by atoms with Crippen LogP contribution >= 0.6 is 11.6 Å². The zero-order chi connectivity index (χ0) is 32.7. The molecule has 0 spiro atoms. The van der Waals surface area contributed by atoms with E-state index in [1.165, 1.54) is 12.1 Å². The van der Waals surface area contributed by atoms with Gasteiger partial charge in [-0.3, -0.25) is 9.59 Å². The van der Waals surface area contributed by atoms with Gasteiger partial charge in [0.2, 0.25) is 0 Å². The molecule has 240 valence electrons. The van der Waals surface area contributed by atoms with Crippen molar-refractivity contribution in [1.82, 2.24) is 4.90 Å². The smallest absolute Gasteiger partial charge is 0.335 e. The number of methoxy groups -OCH3 is 1. The maximum absolute atomic E-state index is 14.1. The molecule has 0 fully saturated rings. The number of aromatic carboxylic acids is 1. The number of carbonyl (C=O) groups is 3. The van der Waals surface area contributed by atoms with Crippen molar-refractivity contribution in [3.05, 3.63) is 80.7 Å². The fourth-order valence-electron chi connectivity index (χ4n) is 6.89. The fraction of sp³-hybridized carbons (Fsp3) is 0.472. The van der Waals surface area contributed by atoms with E-state index in [2.05, 4.69) is 32.6 Å². The third-order valence-corrected chi connectivity index (χ3v) is 9.07. The fourth-order valence-corrected chi connectivity index (χ4v) is 7.16. The van der Waals surface area contributed by atoms with Crippen molar-refractivity contribution in [3.63, 3.8) is 0 Å². The number of carboxylic acids is 1. The molecule has 0 bridgehead atoms. The molecule has 3 aliphatic rings. The van der Waals surface area contributed by atoms with Gasteiger partial charge in [-0.2, -0.15) is 0 Å². The Hall–Kier alpha value is -3.62. The van der Waals surface area contributed by atoms with Crippen LogP contribution in [0.4, 0.5) is 0 Å². The van der Waals surface area contributed by atoms with Gasteiger partial charge in [0.25, 0.3) is 0 Å². The first-order valence-corrected chi connectivity index (χ1v) is 15.8. The van der Waals surface area contributed by atoms with Crippen LogP contribution in [0.1, 0.15) is 87.7 Å². The minimum absolute atomic E-state index is 0.0390. The van der Waals surface area contributed by atoms with E-state index in [1.54, 1.807) is 25.3 Å². The minimum Gasteiger partial charge on any atom is -0.490 e. The van der Waals surface area contributed by atoms with Crippen LogP contribution in [0.15, 0.2) is 58.9 Å². The molecule has 2 aromatic rings. The van der Waals surface area contributed by atoms with Gasteiger partial charge in [0.15, 0.2) is 23.1 Å². The quantitative estimate of drug-likeness (QED) is 0.289. The average molecular weight is 636 g/mol. The number of ether oxygens (including phenoxy) is 3. The molecule has 0 saturated carbocycles. The van der Waals surface area contributed by atoms with Gasteiger partial charge in [-0.15, -0.1) is 0 Å². The lowest BCUT2D eigenvalue weighted by atomic mass is 9.63. The normalized spacial score (nSPS) is 19.4. The molecular formula is C36H42ClNO7. The van der Waals surface area contributed by atoms with Crippen LogP contribution in [0.25, 0.3) is 0 Å². The largest absolute Gasteiger partial charge is 0.490 e. The second kappa shape index (κ2) is 12.6. The zero-order valence-corrected chi connectivity index (χ0v) is 27.7. The molecule has 1 aliphatic heterocycles. The first kappa shape index (κ1) is 32.8. The van der Waals surface area contributed by atoms with Gasteiger partial charge in [0.05, 0.1) is 23.8 Å². The molecule has 1 heterocycles. The number of carboxylic acid groups (broad SMARTS) is 1. The molecule has 0 amide bonds. The van der Waals surface area contributed by atoms with Gasteiger partial charge in [-0.05, 0) is 66.0 Å². The molecule has 1 N–H and O–H groups in total. The van der Waals surface area contributed by atoms with Crippen molar-refractivity contribution < 1.29 is 33.7 Å². The summed E-state index contributed by atoms with van der Waals surface area (Å²) in [5, 5.41) is 9.51. The molecule has 0 aromatic heterocycles. The molecule has 0 unspecified atom stereocenters. The Morgan fingerprint density at radius 3 is 2.02 bits per heavy atom. The molecule has 0 atom stereocenters. The van der Waals surface area contributed by atoms with Crippen molar-refractivity contribution in [2.45, 2.75) is 72.8 Å². The number of halogens is 1. The highest BCUT2D eigenvalue weighted by Gasteiger charge is 2.49. The van der Waals surface area contributed by atoms with Gasteiger partial charge in [0, 0.05) is 55.0 Å². The van der Waals surface area contributed by atoms with Crippen LogP contribution in [0.5, 0.6) is 11.5 Å². The van der Waals surface area contributed by atoms with Gasteiger partial charge in [-0.1, -0.05) is 51.4 Å². The summed E-state index contributed by atoms with van der Waals surface area (Å²) in [5.74, 6) is -0.733. The Balaban J connectivity index is 1.63. The van der Waals surface area contributed by atoms with Crippen molar-refractivity contribution in [2.75, 3.05) is 26.9 Å². The third kappa shape index (κ3) is 6.68. The van der Waals surface area contributed by atoms with Gasteiger partial charge in [-0.25, -0.2) is 4.79 Å². The van der Waals surface area contributed by atoms with Crippen LogP contribution in [-0.4, -0.2) is 54.4 Å². The predicted octanol–water partition coefficient (Wildman–Crippen LogP) is 7.35. The standard InChI is InChI=1S/C36H42ClNO7/c1-7-44-29-15-23(14-24(37)33(29)45-20-21-8-10-22(11-9-21)34(41)42)30-31-25(16-35(2,3)18-27(31)39)38(12-13-43-6)26-17-36(4,5)19-28(40)32(26)30/h8-11,14-15,30H,7,12-13,16-20H2,1-6H3,(H,41,42). The molecule has 0 radical (unpaired) electrons. The van der Waals surface area contributed by atoms with E-state index < -0.39 is 11.9 Å². The Morgan fingerprint density at radius 1 is 0.933 bits per heavy atom. The van der Waals surface area contributed by atoms with Crippen LogP contribution < -0.4 is 9.47 Å². The van der Waals surface area contributed by atoms with Crippen molar-refractivity contribution in [3.8, 4) is 11.5 Å². The van der Waals surface area contributed by atoms with Crippen LogP contribution in [0.3, 0.4) is 0 Å². The lowest BCUT2D eigenvalue weighted by Gasteiger charge is -2.49. The summed E-state index contributed by atoms with van der Waals surface area (Å²) in [6.07, 6.45) is 2.18. The second-order valence-electron chi connectivity index (χ2n) is 13.7. The number of ketones is 2. The van der Waals surface area contributed by atoms with E-state index in [0.717, 1.165) is 17.0 Å². The summed E-state index contributed by atoms with van der Waals surface area (Å²) in [6.45, 7) is 11.8. The third-order valence-electron chi connectivity index (χ3n) is 8.79. The lowest BCUT2D eigenvalue weighted by Crippen LogP contribution is -2.45. The van der Waals surface area contributed by atoms with Gasteiger partial charge >= 0.3 is 5.97 Å². The number of allylic oxidation sites excluding steroid dienone is 4. The monoisotopic (exact) mass is 635 g/mol. The van der Waals surface area contributed by atoms with E-state index in [9.17, 15) is 19.5 Å². The summed E-state index contributed by atoms with van der Waals surface area (Å²) < 4.78 is 17.7. The van der Waals surface area contributed by atoms with E-state index in [4.69, 9.17) is 25.8 Å². The lowest BCUT2D eigenvalue weighted by molar-refractivity contribution is -0.119. The second-order valence-corrected chi connectivity index (χ2v) is 14.1. The molecule has 0 saturated heterocycles. The summed E-state index contributed by atoms with van der Waals surface area (Å²) in [4.78, 5) is 41.6. The number of hydrogen-bond donors (Lipinski definition) is 1. The number of carbonyl (C=O) groups excluding carboxylic acids is 2. The SMILES string of the molecule is CCOc1cc(C2C3=C(CC(C)(C)CC3=O)N(CCOC)C3=C2C(=O)CC(C)(C)C3)cc(Cl)c1OCc1ccc(C(=O)O)cc1. The molecular weight excluding hydrogens is 594 g/mol. The van der Waals surface area contributed by atoms with Crippen molar-refractivity contribution in [2.24, 2.45) is 10.8 Å². The summed E-state index contributed by atoms with van der Waals surface area (Å²) in [5.41, 5.74) is 4.44. The number of nitrogens with zero attached hydrogens (tertiary/aromatic N) is 1. The molecule has 2 aliphatic carbocycles. The van der Waals surface area contributed by atoms with E-state index in [1.807, 2.05) is 13.0 Å². The Kier molecular flexibility index (Phi) is 9.20. The maximum Gasteiger partial charge on any atom is 0.335 e. The van der Waals surface area contributed by atoms with Gasteiger partial charge in [0.1, 0.15) is 6.61 Å². The Morgan fingerprint density at radius 2 is 1.51 bits per heavy atom. The van der Waals surface area contributed by atoms with Crippen LogP contribution in [0.2, 0.25) is 5.02 Å². The van der Waals surface area contributed by atoms with E-state index >= 15 is 0 Å². The number of hydrogen-bond acceptors (Lipinski definition) is 7. The average Bonchev–Trinajstić information content (AvgIpc) is 2.94. The van der Waals surface area contributed by atoms with E-state index in [0.29, 0.717) is 78.7 Å². The number of benzene rings is 2. The van der Waals surface area contributed by atoms with Gasteiger partial charge < -0.3 is 24.2 Å². The first-order chi connectivity index (χ1) is 21.2. The van der Waals surface area contributed by atoms with Crippen molar-refractivity contribution >= 4 is 29.1 Å². The minimum atomic E-state index is -0.999. The highest BCUT2D eigenvalue weighted by Crippen LogP contribution is 2.55.